The zero-order valence-electron chi connectivity index (χ0n) is 23.0. The Morgan fingerprint density at radius 2 is 1.40 bits per heavy atom. The Hall–Kier alpha value is -4.59. The molecule has 8 heteroatoms. The van der Waals surface area contributed by atoms with Gasteiger partial charge < -0.3 is 24.2 Å². The fourth-order valence-corrected chi connectivity index (χ4v) is 4.29. The molecule has 8 nitrogen and oxygen atoms in total. The third-order valence-electron chi connectivity index (χ3n) is 6.65. The number of hydrogen-bond acceptors (Lipinski definition) is 6. The smallest absolute Gasteiger partial charge is 0.273 e. The third kappa shape index (κ3) is 8.46. The highest BCUT2D eigenvalue weighted by Gasteiger charge is 2.19. The zero-order valence-corrected chi connectivity index (χ0v) is 23.0. The normalized spacial score (nSPS) is 10.7. The second-order valence-corrected chi connectivity index (χ2v) is 9.43. The van der Waals surface area contributed by atoms with Gasteiger partial charge in [-0.05, 0) is 60.2 Å². The lowest BCUT2D eigenvalue weighted by Crippen LogP contribution is -2.32. The van der Waals surface area contributed by atoms with Crippen LogP contribution in [0.5, 0.6) is 11.5 Å². The molecule has 0 radical (unpaired) electrons. The molecule has 0 aliphatic heterocycles. The molecule has 4 rings (SSSR count). The number of carbonyl (C=O) groups is 2. The number of aromatic nitrogens is 1. The number of rotatable bonds is 14. The standard InChI is InChI=1S/C32H35N3O5/c1-38-27-13-8-25(9-14-27)18-20-33-32(37)30-22-29(40-34-30)23-35(21-19-26-10-15-28(39-2)16-11-26)31(36)17-12-24-6-4-3-5-7-24/h3-11,13-16,22H,12,17-21,23H2,1-2H3,(H,33,37). The molecule has 0 bridgehead atoms. The highest BCUT2D eigenvalue weighted by Crippen LogP contribution is 2.15. The summed E-state index contributed by atoms with van der Waals surface area (Å²) in [4.78, 5) is 27.7. The van der Waals surface area contributed by atoms with Crippen LogP contribution in [0.25, 0.3) is 0 Å². The van der Waals surface area contributed by atoms with Gasteiger partial charge >= 0.3 is 0 Å². The minimum absolute atomic E-state index is 0.0132. The highest BCUT2D eigenvalue weighted by molar-refractivity contribution is 5.92. The SMILES string of the molecule is COc1ccc(CCNC(=O)c2cc(CN(CCc3ccc(OC)cc3)C(=O)CCc3ccccc3)on2)cc1. The van der Waals surface area contributed by atoms with Gasteiger partial charge in [0.1, 0.15) is 11.5 Å². The number of hydrogen-bond donors (Lipinski definition) is 1. The van der Waals surface area contributed by atoms with E-state index in [-0.39, 0.29) is 24.1 Å². The molecule has 1 N–H and O–H groups in total. The van der Waals surface area contributed by atoms with Crippen molar-refractivity contribution in [3.05, 3.63) is 113 Å². The van der Waals surface area contributed by atoms with Gasteiger partial charge in [0.25, 0.3) is 5.91 Å². The first-order chi connectivity index (χ1) is 19.5. The number of amides is 2. The van der Waals surface area contributed by atoms with Crippen molar-refractivity contribution < 1.29 is 23.6 Å². The molecule has 0 saturated carbocycles. The van der Waals surface area contributed by atoms with Gasteiger partial charge in [-0.15, -0.1) is 0 Å². The van der Waals surface area contributed by atoms with Gasteiger partial charge in [0, 0.05) is 25.6 Å². The topological polar surface area (TPSA) is 93.9 Å². The van der Waals surface area contributed by atoms with E-state index in [9.17, 15) is 9.59 Å². The van der Waals surface area contributed by atoms with Crippen molar-refractivity contribution in [3.63, 3.8) is 0 Å². The summed E-state index contributed by atoms with van der Waals surface area (Å²) in [5.41, 5.74) is 3.48. The van der Waals surface area contributed by atoms with Crippen molar-refractivity contribution in [3.8, 4) is 11.5 Å². The molecule has 0 atom stereocenters. The number of benzene rings is 3. The molecule has 0 aliphatic carbocycles. The molecule has 1 heterocycles. The molecule has 1 aromatic heterocycles. The maximum atomic E-state index is 13.3. The first-order valence-corrected chi connectivity index (χ1v) is 13.4. The molecule has 0 saturated heterocycles. The first-order valence-electron chi connectivity index (χ1n) is 13.4. The highest BCUT2D eigenvalue weighted by atomic mass is 16.5. The Balaban J connectivity index is 1.35. The molecular formula is C32H35N3O5. The Morgan fingerprint density at radius 1 is 0.800 bits per heavy atom. The van der Waals surface area contributed by atoms with Crippen LogP contribution in [0.3, 0.4) is 0 Å². The summed E-state index contributed by atoms with van der Waals surface area (Å²) in [6.45, 7) is 1.19. The van der Waals surface area contributed by atoms with E-state index in [4.69, 9.17) is 14.0 Å². The van der Waals surface area contributed by atoms with Crippen LogP contribution in [0.4, 0.5) is 0 Å². The van der Waals surface area contributed by atoms with Crippen molar-refractivity contribution in [2.45, 2.75) is 32.2 Å². The van der Waals surface area contributed by atoms with Crippen LogP contribution in [-0.4, -0.2) is 49.2 Å². The van der Waals surface area contributed by atoms with Gasteiger partial charge in [-0.3, -0.25) is 9.59 Å². The van der Waals surface area contributed by atoms with Crippen LogP contribution in [0, 0.1) is 0 Å². The molecule has 3 aromatic carbocycles. The molecule has 0 unspecified atom stereocenters. The van der Waals surface area contributed by atoms with Crippen molar-refractivity contribution in [1.29, 1.82) is 0 Å². The molecular weight excluding hydrogens is 506 g/mol. The zero-order chi connectivity index (χ0) is 28.2. The van der Waals surface area contributed by atoms with Crippen LogP contribution in [-0.2, 0) is 30.6 Å². The quantitative estimate of drug-likeness (QED) is 0.245. The van der Waals surface area contributed by atoms with E-state index in [1.165, 1.54) is 0 Å². The lowest BCUT2D eigenvalue weighted by atomic mass is 10.1. The number of nitrogens with one attached hydrogen (secondary N) is 1. The van der Waals surface area contributed by atoms with Gasteiger partial charge in [-0.2, -0.15) is 0 Å². The first kappa shape index (κ1) is 28.4. The summed E-state index contributed by atoms with van der Waals surface area (Å²) in [5, 5.41) is 6.83. The minimum atomic E-state index is -0.316. The molecule has 4 aromatic rings. The third-order valence-corrected chi connectivity index (χ3v) is 6.65. The predicted octanol–water partition coefficient (Wildman–Crippen LogP) is 4.87. The lowest BCUT2D eigenvalue weighted by Gasteiger charge is -2.21. The van der Waals surface area contributed by atoms with Gasteiger partial charge in [0.2, 0.25) is 5.91 Å². The predicted molar refractivity (Wildman–Crippen MR) is 152 cm³/mol. The van der Waals surface area contributed by atoms with E-state index in [2.05, 4.69) is 10.5 Å². The average molecular weight is 542 g/mol. The van der Waals surface area contributed by atoms with E-state index in [1.54, 1.807) is 25.2 Å². The number of nitrogens with zero attached hydrogens (tertiary/aromatic N) is 2. The summed E-state index contributed by atoms with van der Waals surface area (Å²) in [7, 11) is 3.26. The molecule has 0 spiro atoms. The van der Waals surface area contributed by atoms with E-state index >= 15 is 0 Å². The number of methoxy groups -OCH3 is 2. The second kappa shape index (κ2) is 14.5. The summed E-state index contributed by atoms with van der Waals surface area (Å²) in [6.07, 6.45) is 2.37. The largest absolute Gasteiger partial charge is 0.497 e. The van der Waals surface area contributed by atoms with E-state index in [0.29, 0.717) is 44.5 Å². The Morgan fingerprint density at radius 3 is 2.02 bits per heavy atom. The summed E-state index contributed by atoms with van der Waals surface area (Å²) in [5.74, 6) is 1.74. The Labute approximate surface area is 234 Å². The monoisotopic (exact) mass is 541 g/mol. The van der Waals surface area contributed by atoms with E-state index in [0.717, 1.165) is 28.2 Å². The minimum Gasteiger partial charge on any atom is -0.497 e. The Kier molecular flexibility index (Phi) is 10.3. The van der Waals surface area contributed by atoms with Crippen LogP contribution in [0.2, 0.25) is 0 Å². The van der Waals surface area contributed by atoms with Crippen molar-refractivity contribution in [2.24, 2.45) is 0 Å². The fraction of sp³-hybridized carbons (Fsp3) is 0.281. The maximum Gasteiger partial charge on any atom is 0.273 e. The fourth-order valence-electron chi connectivity index (χ4n) is 4.29. The molecule has 2 amide bonds. The van der Waals surface area contributed by atoms with Gasteiger partial charge in [0.15, 0.2) is 11.5 Å². The lowest BCUT2D eigenvalue weighted by molar-refractivity contribution is -0.132. The van der Waals surface area contributed by atoms with Gasteiger partial charge in [0.05, 0.1) is 20.8 Å². The van der Waals surface area contributed by atoms with Crippen molar-refractivity contribution >= 4 is 11.8 Å². The molecule has 208 valence electrons. The van der Waals surface area contributed by atoms with Gasteiger partial charge in [-0.25, -0.2) is 0 Å². The average Bonchev–Trinajstić information content (AvgIpc) is 3.48. The van der Waals surface area contributed by atoms with Gasteiger partial charge in [-0.1, -0.05) is 59.8 Å². The second-order valence-electron chi connectivity index (χ2n) is 9.43. The molecule has 0 aliphatic rings. The van der Waals surface area contributed by atoms with Crippen molar-refractivity contribution in [2.75, 3.05) is 27.3 Å². The van der Waals surface area contributed by atoms with Crippen LogP contribution in [0.1, 0.15) is 39.4 Å². The number of carbonyl (C=O) groups excluding carboxylic acids is 2. The Bertz CT molecular complexity index is 1350. The summed E-state index contributed by atoms with van der Waals surface area (Å²) >= 11 is 0. The van der Waals surface area contributed by atoms with E-state index in [1.807, 2.05) is 78.9 Å². The number of ether oxygens (including phenoxy) is 2. The van der Waals surface area contributed by atoms with Crippen LogP contribution < -0.4 is 14.8 Å². The number of aryl methyl sites for hydroxylation is 1. The van der Waals surface area contributed by atoms with Crippen LogP contribution >= 0.6 is 0 Å². The maximum absolute atomic E-state index is 13.3. The molecule has 0 fully saturated rings. The molecule has 40 heavy (non-hydrogen) atoms. The van der Waals surface area contributed by atoms with Crippen molar-refractivity contribution in [1.82, 2.24) is 15.4 Å². The summed E-state index contributed by atoms with van der Waals surface area (Å²) in [6, 6.07) is 27.1. The van der Waals surface area contributed by atoms with Crippen LogP contribution in [0.15, 0.2) is 89.5 Å². The van der Waals surface area contributed by atoms with E-state index < -0.39 is 0 Å². The summed E-state index contributed by atoms with van der Waals surface area (Å²) < 4.78 is 15.9.